The Morgan fingerprint density at radius 3 is 2.58 bits per heavy atom. The van der Waals surface area contributed by atoms with E-state index < -0.39 is 84.7 Å². The van der Waals surface area contributed by atoms with E-state index in [1.165, 1.54) is 13.8 Å². The Labute approximate surface area is 220 Å². The Kier molecular flexibility index (Phi) is 9.24. The zero-order chi connectivity index (χ0) is 28.4. The summed E-state index contributed by atoms with van der Waals surface area (Å²) in [5.41, 5.74) is -3.60. The van der Waals surface area contributed by atoms with Crippen molar-refractivity contribution < 1.29 is 43.2 Å². The normalized spacial score (nSPS) is 29.6. The molecule has 1 unspecified atom stereocenters. The highest BCUT2D eigenvalue weighted by Gasteiger charge is 2.54. The van der Waals surface area contributed by atoms with Crippen LogP contribution in [0, 0.1) is 0 Å². The molecule has 16 nitrogen and oxygen atoms in total. The highest BCUT2D eigenvalue weighted by Crippen LogP contribution is 2.57. The molecule has 2 fully saturated rings. The van der Waals surface area contributed by atoms with Gasteiger partial charge in [0.1, 0.15) is 29.9 Å². The van der Waals surface area contributed by atoms with Gasteiger partial charge in [0.15, 0.2) is 6.23 Å². The second kappa shape index (κ2) is 11.7. The fraction of sp³-hybridized carbons (Fsp3) is 0.650. The summed E-state index contributed by atoms with van der Waals surface area (Å²) in [6.45, 7) is 1.21. The summed E-state index contributed by atoms with van der Waals surface area (Å²) < 4.78 is 30.9. The van der Waals surface area contributed by atoms with Crippen molar-refractivity contribution in [1.82, 2.24) is 25.3 Å². The number of aliphatic hydroxyl groups excluding tert-OH is 1. The lowest BCUT2D eigenvalue weighted by molar-refractivity contribution is -0.149. The Balaban J connectivity index is 1.76. The summed E-state index contributed by atoms with van der Waals surface area (Å²) in [6, 6.07) is -1.82. The Morgan fingerprint density at radius 1 is 1.32 bits per heavy atom. The number of hydrogen-bond acceptors (Lipinski definition) is 12. The lowest BCUT2D eigenvalue weighted by atomic mass is 9.96. The highest BCUT2D eigenvalue weighted by molar-refractivity contribution is 8.56. The zero-order valence-corrected chi connectivity index (χ0v) is 22.6. The molecule has 0 bridgehead atoms. The van der Waals surface area contributed by atoms with Crippen molar-refractivity contribution in [2.24, 2.45) is 0 Å². The van der Waals surface area contributed by atoms with Crippen molar-refractivity contribution in [1.29, 1.82) is 0 Å². The molecule has 1 aromatic rings. The summed E-state index contributed by atoms with van der Waals surface area (Å²) in [5, 5.41) is 28.5. The standard InChI is InChI=1S/C20H30N5O11PS/c1-9(2)35-16(29)10(3)24-37(33,38-8-11-15(28)23-18(30)21-11)34-7-12-14(27)20(4,32)17(36-12)25-6-5-13(26)22-19(25)31/h5-6,9-12,14,17,27,32H,7-8H2,1-4H3,(H,24,33)(H,22,26,31)(H2,21,23,28,30)/t10-,11?,12-,14-,17-,20-,37-/m1/s1. The number of H-pyrrole nitrogens is 1. The topological polar surface area (TPSA) is 227 Å². The Hall–Kier alpha value is -2.53. The first-order valence-corrected chi connectivity index (χ1v) is 14.7. The number of urea groups is 1. The SMILES string of the molecule is CC(C)OC(=O)[C@@H](C)N[P@@](=O)(OC[C@H]1O[C@@H](n2ccc(=O)[nH]c2=O)[C@](C)(O)[C@@H]1O)SCC1NC(=O)NC1=O. The van der Waals surface area contributed by atoms with Gasteiger partial charge in [-0.05, 0) is 27.7 Å². The molecule has 7 atom stereocenters. The van der Waals surface area contributed by atoms with Crippen molar-refractivity contribution in [3.05, 3.63) is 33.1 Å². The maximum absolute atomic E-state index is 13.7. The highest BCUT2D eigenvalue weighted by atomic mass is 32.7. The minimum atomic E-state index is -4.05. The fourth-order valence-corrected chi connectivity index (χ4v) is 7.51. The second-order valence-corrected chi connectivity index (χ2v) is 13.5. The van der Waals surface area contributed by atoms with Crippen molar-refractivity contribution in [2.45, 2.75) is 69.9 Å². The van der Waals surface area contributed by atoms with Crippen LogP contribution in [0.25, 0.3) is 0 Å². The number of carbonyl (C=O) groups excluding carboxylic acids is 3. The minimum absolute atomic E-state index is 0.199. The second-order valence-electron chi connectivity index (χ2n) is 9.16. The summed E-state index contributed by atoms with van der Waals surface area (Å²) in [7, 11) is 0. The molecule has 212 valence electrons. The van der Waals surface area contributed by atoms with Gasteiger partial charge in [-0.15, -0.1) is 0 Å². The van der Waals surface area contributed by atoms with Crippen molar-refractivity contribution in [2.75, 3.05) is 12.4 Å². The van der Waals surface area contributed by atoms with Gasteiger partial charge in [-0.1, -0.05) is 11.4 Å². The van der Waals surface area contributed by atoms with Gasteiger partial charge in [-0.25, -0.2) is 14.7 Å². The van der Waals surface area contributed by atoms with Gasteiger partial charge in [0.2, 0.25) is 0 Å². The van der Waals surface area contributed by atoms with E-state index in [2.05, 4.69) is 10.4 Å². The minimum Gasteiger partial charge on any atom is -0.462 e. The number of aromatic amines is 1. The lowest BCUT2D eigenvalue weighted by Crippen LogP contribution is -2.47. The van der Waals surface area contributed by atoms with Crippen LogP contribution < -0.4 is 27.0 Å². The smallest absolute Gasteiger partial charge is 0.330 e. The number of amides is 3. The molecule has 0 aromatic carbocycles. The number of hydrogen-bond donors (Lipinski definition) is 6. The average Bonchev–Trinajstić information content (AvgIpc) is 3.25. The van der Waals surface area contributed by atoms with Crippen LogP contribution in [0.15, 0.2) is 21.9 Å². The Bertz CT molecular complexity index is 1230. The Morgan fingerprint density at radius 2 is 2.00 bits per heavy atom. The van der Waals surface area contributed by atoms with E-state index in [-0.39, 0.29) is 5.75 Å². The average molecular weight is 580 g/mol. The quantitative estimate of drug-likeness (QED) is 0.100. The van der Waals surface area contributed by atoms with Crippen LogP contribution in [0.1, 0.15) is 33.9 Å². The molecule has 0 spiro atoms. The number of rotatable bonds is 11. The van der Waals surface area contributed by atoms with E-state index in [1.807, 2.05) is 10.3 Å². The maximum Gasteiger partial charge on any atom is 0.330 e. The number of aliphatic hydroxyl groups is 2. The van der Waals surface area contributed by atoms with Crippen LogP contribution in [0.2, 0.25) is 0 Å². The first-order chi connectivity index (χ1) is 17.6. The number of aromatic nitrogens is 2. The van der Waals surface area contributed by atoms with Gasteiger partial charge < -0.3 is 29.5 Å². The van der Waals surface area contributed by atoms with Gasteiger partial charge >= 0.3 is 24.4 Å². The fourth-order valence-electron chi connectivity index (χ4n) is 3.65. The molecule has 38 heavy (non-hydrogen) atoms. The molecule has 0 radical (unpaired) electrons. The number of nitrogens with one attached hydrogen (secondary N) is 4. The van der Waals surface area contributed by atoms with E-state index in [4.69, 9.17) is 14.0 Å². The number of nitrogens with zero attached hydrogens (tertiary/aromatic N) is 1. The molecule has 2 aliphatic heterocycles. The third-order valence-electron chi connectivity index (χ3n) is 5.59. The van der Waals surface area contributed by atoms with E-state index >= 15 is 0 Å². The maximum atomic E-state index is 13.7. The van der Waals surface area contributed by atoms with E-state index in [1.54, 1.807) is 13.8 Å². The number of ether oxygens (including phenoxy) is 2. The predicted molar refractivity (Wildman–Crippen MR) is 132 cm³/mol. The molecule has 2 saturated heterocycles. The van der Waals surface area contributed by atoms with Crippen LogP contribution >= 0.6 is 18.1 Å². The molecular formula is C20H30N5O11PS. The van der Waals surface area contributed by atoms with Crippen LogP contribution in [0.3, 0.4) is 0 Å². The van der Waals surface area contributed by atoms with E-state index in [0.717, 1.165) is 16.8 Å². The molecule has 2 aliphatic rings. The van der Waals surface area contributed by atoms with Crippen LogP contribution in [-0.4, -0.2) is 86.0 Å². The molecule has 3 heterocycles. The summed E-state index contributed by atoms with van der Waals surface area (Å²) in [4.78, 5) is 61.2. The van der Waals surface area contributed by atoms with Crippen LogP contribution in [0.5, 0.6) is 0 Å². The first-order valence-electron chi connectivity index (χ1n) is 11.5. The number of carbonyl (C=O) groups is 3. The monoisotopic (exact) mass is 579 g/mol. The predicted octanol–water partition coefficient (Wildman–Crippen LogP) is -1.46. The van der Waals surface area contributed by atoms with E-state index in [0.29, 0.717) is 11.4 Å². The van der Waals surface area contributed by atoms with Crippen molar-refractivity contribution >= 4 is 36.0 Å². The first kappa shape index (κ1) is 30.0. The van der Waals surface area contributed by atoms with Gasteiger partial charge in [0.25, 0.3) is 11.5 Å². The molecule has 6 N–H and O–H groups in total. The molecule has 0 aliphatic carbocycles. The third kappa shape index (κ3) is 6.91. The molecule has 0 saturated carbocycles. The summed E-state index contributed by atoms with van der Waals surface area (Å²) in [6.07, 6.45) is -3.74. The molecule has 3 amide bonds. The molecule has 18 heteroatoms. The summed E-state index contributed by atoms with van der Waals surface area (Å²) in [5.74, 6) is -1.57. The van der Waals surface area contributed by atoms with Gasteiger partial charge in [0.05, 0.1) is 12.7 Å². The molecular weight excluding hydrogens is 549 g/mol. The van der Waals surface area contributed by atoms with E-state index in [9.17, 15) is 38.8 Å². The molecule has 3 rings (SSSR count). The van der Waals surface area contributed by atoms with Crippen LogP contribution in [-0.2, 0) is 28.2 Å². The van der Waals surface area contributed by atoms with Crippen molar-refractivity contribution in [3.63, 3.8) is 0 Å². The van der Waals surface area contributed by atoms with Crippen LogP contribution in [0.4, 0.5) is 4.79 Å². The zero-order valence-electron chi connectivity index (χ0n) is 20.9. The summed E-state index contributed by atoms with van der Waals surface area (Å²) >= 11 is 0.622. The largest absolute Gasteiger partial charge is 0.462 e. The number of imide groups is 1. The molecule has 1 aromatic heterocycles. The van der Waals surface area contributed by atoms with Gasteiger partial charge in [0, 0.05) is 18.0 Å². The van der Waals surface area contributed by atoms with Gasteiger partial charge in [-0.2, -0.15) is 0 Å². The lowest BCUT2D eigenvalue weighted by Gasteiger charge is -2.27. The third-order valence-corrected chi connectivity index (χ3v) is 9.71. The number of esters is 1. The van der Waals surface area contributed by atoms with Crippen molar-refractivity contribution in [3.8, 4) is 0 Å². The van der Waals surface area contributed by atoms with Gasteiger partial charge in [-0.3, -0.25) is 33.8 Å².